The van der Waals surface area contributed by atoms with E-state index in [1.165, 1.54) is 13.2 Å². The molecule has 0 saturated carbocycles. The molecule has 3 aromatic rings. The molecule has 0 atom stereocenters. The average Bonchev–Trinajstić information content (AvgIpc) is 2.73. The highest BCUT2D eigenvalue weighted by molar-refractivity contribution is 6.10. The molecule has 29 heavy (non-hydrogen) atoms. The molecule has 1 amide bonds. The molecule has 0 aliphatic carbocycles. The van der Waals surface area contributed by atoms with Crippen LogP contribution in [0.3, 0.4) is 0 Å². The molecule has 0 bridgehead atoms. The number of carboxylic acids is 1. The van der Waals surface area contributed by atoms with Gasteiger partial charge in [0.25, 0.3) is 5.91 Å². The summed E-state index contributed by atoms with van der Waals surface area (Å²) in [5.41, 5.74) is 7.76. The Morgan fingerprint density at radius 2 is 1.66 bits per heavy atom. The summed E-state index contributed by atoms with van der Waals surface area (Å²) in [7, 11) is 1.49. The Hall–Kier alpha value is -4.13. The number of rotatable bonds is 6. The zero-order valence-corrected chi connectivity index (χ0v) is 15.6. The fourth-order valence-electron chi connectivity index (χ4n) is 2.91. The number of carbonyl (C=O) groups excluding carboxylic acids is 1. The van der Waals surface area contributed by atoms with Crippen LogP contribution in [-0.2, 0) is 0 Å². The number of carboxylic acid groups (broad SMARTS) is 1. The first-order valence-electron chi connectivity index (χ1n) is 8.67. The van der Waals surface area contributed by atoms with Gasteiger partial charge in [0.05, 0.1) is 12.7 Å². The molecule has 0 fully saturated rings. The van der Waals surface area contributed by atoms with E-state index in [1.807, 2.05) is 0 Å². The molecule has 0 aliphatic rings. The number of nitrogens with two attached hydrogens (primary N) is 1. The lowest BCUT2D eigenvalue weighted by molar-refractivity contribution is 0.0697. The molecule has 0 saturated heterocycles. The van der Waals surface area contributed by atoms with E-state index >= 15 is 0 Å². The van der Waals surface area contributed by atoms with Gasteiger partial charge in [-0.15, -0.1) is 0 Å². The van der Waals surface area contributed by atoms with E-state index in [1.54, 1.807) is 60.7 Å². The lowest BCUT2D eigenvalue weighted by Crippen LogP contribution is -2.14. The fraction of sp³-hybridized carbons (Fsp3) is 0.0455. The molecular weight excluding hydrogens is 370 g/mol. The van der Waals surface area contributed by atoms with Crippen LogP contribution < -0.4 is 15.8 Å². The molecule has 0 aliphatic heterocycles. The summed E-state index contributed by atoms with van der Waals surface area (Å²) in [6, 6.07) is 17.9. The van der Waals surface area contributed by atoms with E-state index in [0.717, 1.165) is 0 Å². The number of nitrogens with one attached hydrogen (secondary N) is 2. The quantitative estimate of drug-likeness (QED) is 0.379. The fourth-order valence-corrected chi connectivity index (χ4v) is 2.91. The van der Waals surface area contributed by atoms with Gasteiger partial charge in [-0.2, -0.15) is 0 Å². The number of amides is 1. The number of nitrogen functional groups attached to an aromatic ring is 1. The average molecular weight is 389 g/mol. The lowest BCUT2D eigenvalue weighted by Gasteiger charge is -2.14. The van der Waals surface area contributed by atoms with E-state index in [0.29, 0.717) is 33.7 Å². The zero-order valence-electron chi connectivity index (χ0n) is 15.6. The van der Waals surface area contributed by atoms with Gasteiger partial charge in [0.15, 0.2) is 0 Å². The predicted octanol–water partition coefficient (Wildman–Crippen LogP) is 3.60. The van der Waals surface area contributed by atoms with Crippen LogP contribution in [0.4, 0.5) is 5.69 Å². The largest absolute Gasteiger partial charge is 0.497 e. The Labute approximate surface area is 167 Å². The van der Waals surface area contributed by atoms with Crippen LogP contribution in [0.2, 0.25) is 0 Å². The monoisotopic (exact) mass is 389 g/mol. The van der Waals surface area contributed by atoms with Crippen molar-refractivity contribution < 1.29 is 19.4 Å². The first kappa shape index (κ1) is 19.6. The minimum Gasteiger partial charge on any atom is -0.497 e. The number of amidine groups is 1. The van der Waals surface area contributed by atoms with Gasteiger partial charge in [-0.3, -0.25) is 10.2 Å². The second-order valence-corrected chi connectivity index (χ2v) is 6.21. The van der Waals surface area contributed by atoms with Crippen LogP contribution in [0.1, 0.15) is 26.3 Å². The van der Waals surface area contributed by atoms with Crippen LogP contribution in [0.15, 0.2) is 66.7 Å². The van der Waals surface area contributed by atoms with Gasteiger partial charge in [0.2, 0.25) is 0 Å². The molecular formula is C22H19N3O4. The number of hydrogen-bond donors (Lipinski definition) is 4. The molecule has 146 valence electrons. The number of aromatic carboxylic acids is 1. The van der Waals surface area contributed by atoms with E-state index in [2.05, 4.69) is 5.32 Å². The first-order valence-corrected chi connectivity index (χ1v) is 8.67. The summed E-state index contributed by atoms with van der Waals surface area (Å²) in [5, 5.41) is 19.8. The lowest BCUT2D eigenvalue weighted by atomic mass is 9.94. The van der Waals surface area contributed by atoms with Gasteiger partial charge in [-0.25, -0.2) is 4.79 Å². The van der Waals surface area contributed by atoms with Crippen molar-refractivity contribution in [1.29, 1.82) is 5.41 Å². The third kappa shape index (κ3) is 4.24. The maximum absolute atomic E-state index is 12.9. The summed E-state index contributed by atoms with van der Waals surface area (Å²) in [4.78, 5) is 24.6. The number of ether oxygens (including phenoxy) is 1. The van der Waals surface area contributed by atoms with Gasteiger partial charge in [0, 0.05) is 22.4 Å². The number of hydrogen-bond acceptors (Lipinski definition) is 4. The SMILES string of the molecule is COc1ccc(C(=O)O)c(-c2ccccc2C(=O)Nc2ccc(C(=N)N)cc2)c1. The Morgan fingerprint density at radius 1 is 0.966 bits per heavy atom. The molecule has 7 nitrogen and oxygen atoms in total. The van der Waals surface area contributed by atoms with Gasteiger partial charge in [-0.1, -0.05) is 18.2 Å². The smallest absolute Gasteiger partial charge is 0.336 e. The van der Waals surface area contributed by atoms with E-state index in [4.69, 9.17) is 15.9 Å². The Bertz CT molecular complexity index is 1090. The number of methoxy groups -OCH3 is 1. The van der Waals surface area contributed by atoms with Crippen LogP contribution in [0, 0.1) is 5.41 Å². The van der Waals surface area contributed by atoms with Crippen LogP contribution in [-0.4, -0.2) is 29.9 Å². The van der Waals surface area contributed by atoms with E-state index in [9.17, 15) is 14.7 Å². The Balaban J connectivity index is 2.00. The first-order chi connectivity index (χ1) is 13.9. The van der Waals surface area contributed by atoms with Gasteiger partial charge in [-0.05, 0) is 54.1 Å². The molecule has 3 aromatic carbocycles. The normalized spacial score (nSPS) is 10.2. The Morgan fingerprint density at radius 3 is 2.28 bits per heavy atom. The van der Waals surface area contributed by atoms with Crippen molar-refractivity contribution in [2.24, 2.45) is 5.73 Å². The molecule has 0 heterocycles. The van der Waals surface area contributed by atoms with Crippen molar-refractivity contribution >= 4 is 23.4 Å². The van der Waals surface area contributed by atoms with Crippen molar-refractivity contribution in [1.82, 2.24) is 0 Å². The minimum absolute atomic E-state index is 0.0625. The van der Waals surface area contributed by atoms with Crippen molar-refractivity contribution in [3.05, 3.63) is 83.4 Å². The highest BCUT2D eigenvalue weighted by Crippen LogP contribution is 2.31. The summed E-state index contributed by atoms with van der Waals surface area (Å²) < 4.78 is 5.22. The second kappa shape index (κ2) is 8.26. The highest BCUT2D eigenvalue weighted by atomic mass is 16.5. The maximum Gasteiger partial charge on any atom is 0.336 e. The molecule has 0 spiro atoms. The van der Waals surface area contributed by atoms with Crippen LogP contribution in [0.5, 0.6) is 5.75 Å². The summed E-state index contributed by atoms with van der Waals surface area (Å²) >= 11 is 0. The van der Waals surface area contributed by atoms with E-state index in [-0.39, 0.29) is 11.4 Å². The third-order valence-electron chi connectivity index (χ3n) is 4.37. The molecule has 0 aromatic heterocycles. The second-order valence-electron chi connectivity index (χ2n) is 6.21. The van der Waals surface area contributed by atoms with Gasteiger partial charge < -0.3 is 20.9 Å². The van der Waals surface area contributed by atoms with Crippen molar-refractivity contribution in [2.45, 2.75) is 0 Å². The minimum atomic E-state index is -1.10. The summed E-state index contributed by atoms with van der Waals surface area (Å²) in [6.07, 6.45) is 0. The molecule has 3 rings (SSSR count). The maximum atomic E-state index is 12.9. The highest BCUT2D eigenvalue weighted by Gasteiger charge is 2.19. The molecule has 7 heteroatoms. The van der Waals surface area contributed by atoms with Crippen molar-refractivity contribution in [2.75, 3.05) is 12.4 Å². The molecule has 5 N–H and O–H groups in total. The molecule has 0 unspecified atom stereocenters. The Kier molecular flexibility index (Phi) is 5.59. The molecule has 0 radical (unpaired) electrons. The van der Waals surface area contributed by atoms with Crippen molar-refractivity contribution in [3.8, 4) is 16.9 Å². The number of benzene rings is 3. The summed E-state index contributed by atoms with van der Waals surface area (Å²) in [6.45, 7) is 0. The summed E-state index contributed by atoms with van der Waals surface area (Å²) in [5.74, 6) is -1.07. The van der Waals surface area contributed by atoms with E-state index < -0.39 is 11.9 Å². The number of carbonyl (C=O) groups is 2. The van der Waals surface area contributed by atoms with Crippen LogP contribution >= 0.6 is 0 Å². The van der Waals surface area contributed by atoms with Gasteiger partial charge >= 0.3 is 5.97 Å². The van der Waals surface area contributed by atoms with Crippen LogP contribution in [0.25, 0.3) is 11.1 Å². The van der Waals surface area contributed by atoms with Gasteiger partial charge in [0.1, 0.15) is 11.6 Å². The predicted molar refractivity (Wildman–Crippen MR) is 111 cm³/mol. The zero-order chi connectivity index (χ0) is 21.0. The topological polar surface area (TPSA) is 125 Å². The standard InChI is InChI=1S/C22H19N3O4/c1-29-15-10-11-18(22(27)28)19(12-15)16-4-2-3-5-17(16)21(26)25-14-8-6-13(7-9-14)20(23)24/h2-12H,1H3,(H3,23,24)(H,25,26)(H,27,28). The third-order valence-corrected chi connectivity index (χ3v) is 4.37. The number of anilines is 1. The van der Waals surface area contributed by atoms with Crippen molar-refractivity contribution in [3.63, 3.8) is 0 Å².